The van der Waals surface area contributed by atoms with Gasteiger partial charge in [-0.05, 0) is 61.7 Å². The first kappa shape index (κ1) is 24.9. The van der Waals surface area contributed by atoms with E-state index in [0.29, 0.717) is 52.6 Å². The molecule has 0 saturated carbocycles. The van der Waals surface area contributed by atoms with Gasteiger partial charge in [0, 0.05) is 24.3 Å². The molecule has 2 heterocycles. The molecule has 1 aromatic heterocycles. The summed E-state index contributed by atoms with van der Waals surface area (Å²) in [4.78, 5) is 43.4. The molecule has 0 spiro atoms. The van der Waals surface area contributed by atoms with Gasteiger partial charge in [0.2, 0.25) is 0 Å². The second kappa shape index (κ2) is 11.5. The van der Waals surface area contributed by atoms with E-state index in [0.717, 1.165) is 19.3 Å². The lowest BCUT2D eigenvalue weighted by Crippen LogP contribution is -2.29. The van der Waals surface area contributed by atoms with Crippen molar-refractivity contribution < 1.29 is 19.1 Å². The van der Waals surface area contributed by atoms with Crippen molar-refractivity contribution in [3.05, 3.63) is 63.9 Å². The lowest BCUT2D eigenvalue weighted by molar-refractivity contribution is 0.0937. The van der Waals surface area contributed by atoms with E-state index in [1.807, 2.05) is 6.92 Å². The van der Waals surface area contributed by atoms with E-state index in [4.69, 9.17) is 14.5 Å². The van der Waals surface area contributed by atoms with Gasteiger partial charge >= 0.3 is 0 Å². The summed E-state index contributed by atoms with van der Waals surface area (Å²) in [6, 6.07) is 11.8. The van der Waals surface area contributed by atoms with Crippen molar-refractivity contribution in [2.75, 3.05) is 26.0 Å². The summed E-state index contributed by atoms with van der Waals surface area (Å²) in [7, 11) is 1.57. The molecule has 1 aliphatic heterocycles. The van der Waals surface area contributed by atoms with Gasteiger partial charge in [-0.25, -0.2) is 4.98 Å². The second-order valence-corrected chi connectivity index (χ2v) is 9.32. The number of ketones is 1. The molecule has 0 bridgehead atoms. The molecule has 1 unspecified atom stereocenters. The highest BCUT2D eigenvalue weighted by atomic mass is 32.2. The Morgan fingerprint density at radius 1 is 1.20 bits per heavy atom. The molecule has 9 heteroatoms. The summed E-state index contributed by atoms with van der Waals surface area (Å²) in [6.45, 7) is 3.60. The Bertz CT molecular complexity index is 1270. The first-order valence-electron chi connectivity index (χ1n) is 11.7. The van der Waals surface area contributed by atoms with Gasteiger partial charge in [0.25, 0.3) is 11.5 Å². The molecule has 8 nitrogen and oxygen atoms in total. The summed E-state index contributed by atoms with van der Waals surface area (Å²) in [5.74, 6) is 0.507. The molecule has 184 valence electrons. The van der Waals surface area contributed by atoms with Gasteiger partial charge in [0.05, 0.1) is 36.4 Å². The largest absolute Gasteiger partial charge is 0.497 e. The number of thioether (sulfide) groups is 1. The topological polar surface area (TPSA) is 99.5 Å². The lowest BCUT2D eigenvalue weighted by atomic mass is 10.1. The third-order valence-corrected chi connectivity index (χ3v) is 6.85. The van der Waals surface area contributed by atoms with Gasteiger partial charge in [-0.2, -0.15) is 0 Å². The van der Waals surface area contributed by atoms with Crippen LogP contribution in [0.3, 0.4) is 0 Å². The van der Waals surface area contributed by atoms with E-state index < -0.39 is 0 Å². The van der Waals surface area contributed by atoms with Crippen LogP contribution in [0.25, 0.3) is 10.9 Å². The molecule has 0 radical (unpaired) electrons. The van der Waals surface area contributed by atoms with Crippen LogP contribution in [0.4, 0.5) is 0 Å². The quantitative estimate of drug-likeness (QED) is 0.260. The van der Waals surface area contributed by atoms with Crippen LogP contribution in [-0.4, -0.2) is 53.4 Å². The van der Waals surface area contributed by atoms with Crippen molar-refractivity contribution >= 4 is 34.4 Å². The van der Waals surface area contributed by atoms with Crippen molar-refractivity contribution in [3.63, 3.8) is 0 Å². The average Bonchev–Trinajstić information content (AvgIpc) is 3.40. The minimum absolute atomic E-state index is 0.0670. The molecule has 3 aromatic rings. The summed E-state index contributed by atoms with van der Waals surface area (Å²) in [5.41, 5.74) is 1.23. The predicted molar refractivity (Wildman–Crippen MR) is 136 cm³/mol. The number of benzene rings is 2. The average molecular weight is 496 g/mol. The molecule has 4 rings (SSSR count). The van der Waals surface area contributed by atoms with Gasteiger partial charge in [-0.1, -0.05) is 18.7 Å². The number of hydrogen-bond acceptors (Lipinski definition) is 7. The number of carbonyl (C=O) groups excluding carboxylic acids is 2. The number of nitrogens with one attached hydrogen (secondary N) is 1. The maximum Gasteiger partial charge on any atom is 0.262 e. The van der Waals surface area contributed by atoms with E-state index in [1.54, 1.807) is 54.1 Å². The van der Waals surface area contributed by atoms with Crippen LogP contribution in [0.1, 0.15) is 46.9 Å². The number of rotatable bonds is 10. The number of methoxy groups -OCH3 is 1. The maximum atomic E-state index is 13.4. The molecule has 0 aliphatic carbocycles. The lowest BCUT2D eigenvalue weighted by Gasteiger charge is -2.16. The summed E-state index contributed by atoms with van der Waals surface area (Å²) < 4.78 is 12.5. The Balaban J connectivity index is 1.64. The smallest absolute Gasteiger partial charge is 0.262 e. The molecule has 1 aliphatic rings. The number of carbonyl (C=O) groups is 2. The van der Waals surface area contributed by atoms with Gasteiger partial charge < -0.3 is 14.8 Å². The SMILES string of the molecule is CCCNC(=O)c1ccc2c(=O)n(CC3CCCO3)c(SCC(=O)c3ccc(OC)cc3)nc2c1. The Hall–Kier alpha value is -3.17. The maximum absolute atomic E-state index is 13.4. The number of nitrogens with zero attached hydrogens (tertiary/aromatic N) is 2. The number of Topliss-reactive ketones (excluding diaryl/α,β-unsaturated/α-hetero) is 1. The predicted octanol–water partition coefficient (Wildman–Crippen LogP) is 3.70. The first-order chi connectivity index (χ1) is 17.0. The van der Waals surface area contributed by atoms with Crippen LogP contribution in [0.15, 0.2) is 52.4 Å². The highest BCUT2D eigenvalue weighted by molar-refractivity contribution is 7.99. The number of fused-ring (bicyclic) bond motifs is 1. The summed E-state index contributed by atoms with van der Waals surface area (Å²) >= 11 is 1.22. The van der Waals surface area contributed by atoms with E-state index in [-0.39, 0.29) is 29.1 Å². The molecule has 1 fully saturated rings. The van der Waals surface area contributed by atoms with Crippen molar-refractivity contribution in [2.45, 2.75) is 44.0 Å². The summed E-state index contributed by atoms with van der Waals surface area (Å²) in [6.07, 6.45) is 2.59. The van der Waals surface area contributed by atoms with Crippen LogP contribution in [-0.2, 0) is 11.3 Å². The standard InChI is InChI=1S/C26H29N3O5S/c1-3-12-27-24(31)18-8-11-21-22(14-18)28-26(29(25(21)32)15-20-5-4-13-34-20)35-16-23(30)17-6-9-19(33-2)10-7-17/h6-11,14,20H,3-5,12-13,15-16H2,1-2H3,(H,27,31). The zero-order chi connectivity index (χ0) is 24.8. The first-order valence-corrected chi connectivity index (χ1v) is 12.7. The van der Waals surface area contributed by atoms with Crippen LogP contribution in [0.5, 0.6) is 5.75 Å². The monoisotopic (exact) mass is 495 g/mol. The molecule has 1 N–H and O–H groups in total. The molecule has 35 heavy (non-hydrogen) atoms. The molecule has 2 aromatic carbocycles. The molecule has 1 saturated heterocycles. The zero-order valence-corrected chi connectivity index (χ0v) is 20.7. The molecular formula is C26H29N3O5S. The Morgan fingerprint density at radius 3 is 2.66 bits per heavy atom. The highest BCUT2D eigenvalue weighted by Gasteiger charge is 2.21. The number of amides is 1. The van der Waals surface area contributed by atoms with E-state index in [9.17, 15) is 14.4 Å². The molecule has 1 atom stereocenters. The van der Waals surface area contributed by atoms with Crippen LogP contribution in [0.2, 0.25) is 0 Å². The van der Waals surface area contributed by atoms with Crippen LogP contribution >= 0.6 is 11.8 Å². The minimum atomic E-state index is -0.206. The zero-order valence-electron chi connectivity index (χ0n) is 19.9. The van der Waals surface area contributed by atoms with Gasteiger partial charge in [-0.3, -0.25) is 19.0 Å². The number of ether oxygens (including phenoxy) is 2. The molecule has 1 amide bonds. The summed E-state index contributed by atoms with van der Waals surface area (Å²) in [5, 5.41) is 3.71. The minimum Gasteiger partial charge on any atom is -0.497 e. The van der Waals surface area contributed by atoms with Crippen molar-refractivity contribution in [2.24, 2.45) is 0 Å². The normalized spacial score (nSPS) is 15.3. The Morgan fingerprint density at radius 2 is 1.97 bits per heavy atom. The highest BCUT2D eigenvalue weighted by Crippen LogP contribution is 2.23. The Kier molecular flexibility index (Phi) is 8.20. The fourth-order valence-corrected chi connectivity index (χ4v) is 4.84. The van der Waals surface area contributed by atoms with E-state index in [2.05, 4.69) is 5.32 Å². The Labute approximate surface area is 208 Å². The van der Waals surface area contributed by atoms with Crippen molar-refractivity contribution in [1.82, 2.24) is 14.9 Å². The van der Waals surface area contributed by atoms with Gasteiger partial charge in [0.1, 0.15) is 5.75 Å². The second-order valence-electron chi connectivity index (χ2n) is 8.37. The van der Waals surface area contributed by atoms with Crippen LogP contribution < -0.4 is 15.6 Å². The van der Waals surface area contributed by atoms with Gasteiger partial charge in [-0.15, -0.1) is 0 Å². The van der Waals surface area contributed by atoms with Gasteiger partial charge in [0.15, 0.2) is 10.9 Å². The van der Waals surface area contributed by atoms with Crippen molar-refractivity contribution in [3.8, 4) is 5.75 Å². The number of hydrogen-bond donors (Lipinski definition) is 1. The number of aromatic nitrogens is 2. The van der Waals surface area contributed by atoms with E-state index in [1.165, 1.54) is 11.8 Å². The van der Waals surface area contributed by atoms with Crippen LogP contribution in [0, 0.1) is 0 Å². The third-order valence-electron chi connectivity index (χ3n) is 5.87. The van der Waals surface area contributed by atoms with Crippen molar-refractivity contribution in [1.29, 1.82) is 0 Å². The van der Waals surface area contributed by atoms with E-state index >= 15 is 0 Å². The molecular weight excluding hydrogens is 466 g/mol. The third kappa shape index (κ3) is 5.91. The fraction of sp³-hybridized carbons (Fsp3) is 0.385. The fourth-order valence-electron chi connectivity index (χ4n) is 3.94.